The summed E-state index contributed by atoms with van der Waals surface area (Å²) in [5.41, 5.74) is 1.51. The SMILES string of the molecule is CCOCC(=O)CC(=O)Cc1cccc(CN(C(=O)OC(C)(C)C)[C@@H](Cc2ccccc2)C(=O)OCC)c1. The standard InChI is InChI=1S/C30H39NO7/c1-6-36-21-26(33)19-25(32)17-23-14-11-15-24(16-23)20-31(29(35)38-30(3,4)5)27(28(34)37-7-2)18-22-12-9-8-10-13-22/h8-16,27H,6-7,17-21H2,1-5H3/t27-/m0/s1. The quantitative estimate of drug-likeness (QED) is 0.260. The Morgan fingerprint density at radius 2 is 1.50 bits per heavy atom. The van der Waals surface area contributed by atoms with E-state index in [2.05, 4.69) is 0 Å². The number of esters is 1. The van der Waals surface area contributed by atoms with Gasteiger partial charge in [0.05, 0.1) is 13.0 Å². The Balaban J connectivity index is 2.31. The number of ether oxygens (including phenoxy) is 3. The second-order valence-electron chi connectivity index (χ2n) is 9.95. The molecule has 206 valence electrons. The van der Waals surface area contributed by atoms with E-state index in [0.29, 0.717) is 17.7 Å². The van der Waals surface area contributed by atoms with Crippen LogP contribution in [0.3, 0.4) is 0 Å². The van der Waals surface area contributed by atoms with Crippen molar-refractivity contribution in [3.63, 3.8) is 0 Å². The van der Waals surface area contributed by atoms with Gasteiger partial charge in [-0.15, -0.1) is 0 Å². The van der Waals surface area contributed by atoms with Crippen molar-refractivity contribution in [1.82, 2.24) is 4.90 Å². The van der Waals surface area contributed by atoms with Gasteiger partial charge < -0.3 is 14.2 Å². The Morgan fingerprint density at radius 3 is 2.13 bits per heavy atom. The van der Waals surface area contributed by atoms with Crippen LogP contribution in [-0.4, -0.2) is 60.0 Å². The first-order chi connectivity index (χ1) is 18.0. The van der Waals surface area contributed by atoms with E-state index >= 15 is 0 Å². The molecular weight excluding hydrogens is 486 g/mol. The normalized spacial score (nSPS) is 11.9. The molecule has 0 fully saturated rings. The zero-order chi connectivity index (χ0) is 28.1. The molecule has 1 amide bonds. The van der Waals surface area contributed by atoms with Crippen LogP contribution in [0.5, 0.6) is 0 Å². The fourth-order valence-electron chi connectivity index (χ4n) is 3.83. The van der Waals surface area contributed by atoms with Crippen LogP contribution in [-0.2, 0) is 48.0 Å². The van der Waals surface area contributed by atoms with Crippen LogP contribution in [0.4, 0.5) is 4.79 Å². The summed E-state index contributed by atoms with van der Waals surface area (Å²) in [6, 6.07) is 15.7. The van der Waals surface area contributed by atoms with Gasteiger partial charge in [0, 0.05) is 26.0 Å². The van der Waals surface area contributed by atoms with Gasteiger partial charge in [-0.2, -0.15) is 0 Å². The van der Waals surface area contributed by atoms with Gasteiger partial charge >= 0.3 is 12.1 Å². The topological polar surface area (TPSA) is 99.2 Å². The molecule has 38 heavy (non-hydrogen) atoms. The lowest BCUT2D eigenvalue weighted by Gasteiger charge is -2.32. The van der Waals surface area contributed by atoms with Crippen LogP contribution < -0.4 is 0 Å². The van der Waals surface area contributed by atoms with Gasteiger partial charge in [0.1, 0.15) is 24.0 Å². The summed E-state index contributed by atoms with van der Waals surface area (Å²) in [5.74, 6) is -1.01. The number of amides is 1. The van der Waals surface area contributed by atoms with Crippen molar-refractivity contribution >= 4 is 23.6 Å². The van der Waals surface area contributed by atoms with Gasteiger partial charge in [0.25, 0.3) is 0 Å². The van der Waals surface area contributed by atoms with E-state index in [1.807, 2.05) is 36.4 Å². The number of nitrogens with zero attached hydrogens (tertiary/aromatic N) is 1. The molecule has 2 rings (SSSR count). The van der Waals surface area contributed by atoms with E-state index in [1.54, 1.807) is 52.8 Å². The summed E-state index contributed by atoms with van der Waals surface area (Å²) in [6.07, 6.45) is -0.520. The zero-order valence-electron chi connectivity index (χ0n) is 23.0. The van der Waals surface area contributed by atoms with E-state index in [9.17, 15) is 19.2 Å². The Bertz CT molecular complexity index is 1080. The third-order valence-corrected chi connectivity index (χ3v) is 5.44. The Morgan fingerprint density at radius 1 is 0.842 bits per heavy atom. The third kappa shape index (κ3) is 10.8. The van der Waals surface area contributed by atoms with E-state index in [4.69, 9.17) is 14.2 Å². The molecule has 8 nitrogen and oxygen atoms in total. The first-order valence-corrected chi connectivity index (χ1v) is 12.9. The highest BCUT2D eigenvalue weighted by molar-refractivity contribution is 6.00. The Kier molecular flexibility index (Phi) is 12.1. The molecule has 0 bridgehead atoms. The van der Waals surface area contributed by atoms with Crippen molar-refractivity contribution in [2.75, 3.05) is 19.8 Å². The summed E-state index contributed by atoms with van der Waals surface area (Å²) < 4.78 is 16.1. The lowest BCUT2D eigenvalue weighted by molar-refractivity contribution is -0.149. The summed E-state index contributed by atoms with van der Waals surface area (Å²) in [7, 11) is 0. The first kappa shape index (κ1) is 30.7. The van der Waals surface area contributed by atoms with Gasteiger partial charge in [-0.05, 0) is 51.3 Å². The summed E-state index contributed by atoms with van der Waals surface area (Å²) in [4.78, 5) is 52.2. The molecule has 0 saturated heterocycles. The number of rotatable bonds is 14. The molecule has 8 heteroatoms. The van der Waals surface area contributed by atoms with Gasteiger partial charge in [0.15, 0.2) is 5.78 Å². The van der Waals surface area contributed by atoms with Crippen LogP contribution in [0.25, 0.3) is 0 Å². The highest BCUT2D eigenvalue weighted by atomic mass is 16.6. The maximum absolute atomic E-state index is 13.4. The first-order valence-electron chi connectivity index (χ1n) is 12.9. The van der Waals surface area contributed by atoms with Gasteiger partial charge in [-0.3, -0.25) is 14.5 Å². The molecule has 0 saturated carbocycles. The fraction of sp³-hybridized carbons (Fsp3) is 0.467. The number of Topliss-reactive ketones (excluding diaryl/α,β-unsaturated/α-hetero) is 2. The smallest absolute Gasteiger partial charge is 0.411 e. The predicted octanol–water partition coefficient (Wildman–Crippen LogP) is 4.71. The van der Waals surface area contributed by atoms with Crippen molar-refractivity contribution < 1.29 is 33.4 Å². The molecule has 0 aliphatic heterocycles. The van der Waals surface area contributed by atoms with Gasteiger partial charge in [0.2, 0.25) is 0 Å². The highest BCUT2D eigenvalue weighted by Gasteiger charge is 2.34. The van der Waals surface area contributed by atoms with Crippen molar-refractivity contribution in [2.45, 2.75) is 72.1 Å². The Hall–Kier alpha value is -3.52. The second kappa shape index (κ2) is 15.0. The lowest BCUT2D eigenvalue weighted by Crippen LogP contribution is -2.48. The lowest BCUT2D eigenvalue weighted by atomic mass is 10.0. The van der Waals surface area contributed by atoms with Crippen LogP contribution in [0.1, 0.15) is 57.7 Å². The van der Waals surface area contributed by atoms with Crippen molar-refractivity contribution in [2.24, 2.45) is 0 Å². The molecular formula is C30H39NO7. The second-order valence-corrected chi connectivity index (χ2v) is 9.95. The molecule has 0 unspecified atom stereocenters. The molecule has 0 aliphatic carbocycles. The Labute approximate surface area is 225 Å². The molecule has 0 aliphatic rings. The minimum Gasteiger partial charge on any atom is -0.464 e. The van der Waals surface area contributed by atoms with Crippen molar-refractivity contribution in [3.05, 3.63) is 71.3 Å². The van der Waals surface area contributed by atoms with Crippen molar-refractivity contribution in [1.29, 1.82) is 0 Å². The number of hydrogen-bond acceptors (Lipinski definition) is 7. The van der Waals surface area contributed by atoms with Crippen LogP contribution in [0, 0.1) is 0 Å². The molecule has 1 atom stereocenters. The van der Waals surface area contributed by atoms with Crippen LogP contribution in [0.15, 0.2) is 54.6 Å². The van der Waals surface area contributed by atoms with E-state index in [1.165, 1.54) is 4.90 Å². The van der Waals surface area contributed by atoms with E-state index in [-0.39, 0.29) is 50.6 Å². The minimum atomic E-state index is -0.923. The summed E-state index contributed by atoms with van der Waals surface area (Å²) in [5, 5.41) is 0. The van der Waals surface area contributed by atoms with E-state index < -0.39 is 23.7 Å². The fourth-order valence-corrected chi connectivity index (χ4v) is 3.83. The van der Waals surface area contributed by atoms with Gasteiger partial charge in [-0.1, -0.05) is 54.6 Å². The molecule has 2 aromatic carbocycles. The zero-order valence-corrected chi connectivity index (χ0v) is 23.0. The van der Waals surface area contributed by atoms with Crippen LogP contribution in [0.2, 0.25) is 0 Å². The number of ketones is 2. The van der Waals surface area contributed by atoms with Crippen molar-refractivity contribution in [3.8, 4) is 0 Å². The molecule has 0 N–H and O–H groups in total. The number of benzene rings is 2. The minimum absolute atomic E-state index is 0.0660. The monoisotopic (exact) mass is 525 g/mol. The van der Waals surface area contributed by atoms with E-state index in [0.717, 1.165) is 5.56 Å². The largest absolute Gasteiger partial charge is 0.464 e. The molecule has 0 radical (unpaired) electrons. The highest BCUT2D eigenvalue weighted by Crippen LogP contribution is 2.20. The third-order valence-electron chi connectivity index (χ3n) is 5.44. The average molecular weight is 526 g/mol. The number of carbonyl (C=O) groups is 4. The maximum Gasteiger partial charge on any atom is 0.411 e. The molecule has 0 heterocycles. The average Bonchev–Trinajstić information content (AvgIpc) is 2.84. The van der Waals surface area contributed by atoms with Crippen LogP contribution >= 0.6 is 0 Å². The summed E-state index contributed by atoms with van der Waals surface area (Å²) >= 11 is 0. The van der Waals surface area contributed by atoms with Gasteiger partial charge in [-0.25, -0.2) is 9.59 Å². The number of hydrogen-bond donors (Lipinski definition) is 0. The molecule has 2 aromatic rings. The predicted molar refractivity (Wildman–Crippen MR) is 144 cm³/mol. The number of carbonyl (C=O) groups excluding carboxylic acids is 4. The summed E-state index contributed by atoms with van der Waals surface area (Å²) in [6.45, 7) is 9.36. The maximum atomic E-state index is 13.4. The molecule has 0 aromatic heterocycles. The molecule has 0 spiro atoms.